The predicted octanol–water partition coefficient (Wildman–Crippen LogP) is 11.8. The zero-order valence-electron chi connectivity index (χ0n) is 31.3. The van der Waals surface area contributed by atoms with Crippen molar-refractivity contribution in [2.75, 3.05) is 20.3 Å². The first-order chi connectivity index (χ1) is 23.8. The molecule has 0 rings (SSSR count). The maximum absolute atomic E-state index is 12.4. The summed E-state index contributed by atoms with van der Waals surface area (Å²) in [6.07, 6.45) is 41.6. The third-order valence-corrected chi connectivity index (χ3v) is 8.99. The van der Waals surface area contributed by atoms with Gasteiger partial charge in [0.2, 0.25) is 0 Å². The Balaban J connectivity index is 4.08. The Hall–Kier alpha value is -1.99. The van der Waals surface area contributed by atoms with Crippen molar-refractivity contribution in [2.45, 2.75) is 174 Å². The summed E-state index contributed by atoms with van der Waals surface area (Å²) in [5.41, 5.74) is 0. The fourth-order valence-electron chi connectivity index (χ4n) is 5.08. The van der Waals surface area contributed by atoms with Gasteiger partial charge in [-0.2, -0.15) is 0 Å². The molecule has 0 aromatic carbocycles. The fraction of sp³-hybridized carbons (Fsp3) is 0.750. The molecule has 9 heteroatoms. The number of esters is 2. The molecule has 0 bridgehead atoms. The second-order valence-electron chi connectivity index (χ2n) is 12.7. The van der Waals surface area contributed by atoms with Crippen LogP contribution >= 0.6 is 7.82 Å². The van der Waals surface area contributed by atoms with E-state index in [0.29, 0.717) is 6.42 Å². The van der Waals surface area contributed by atoms with Gasteiger partial charge < -0.3 is 14.4 Å². The highest BCUT2D eigenvalue weighted by Gasteiger charge is 2.24. The van der Waals surface area contributed by atoms with Crippen LogP contribution in [0.4, 0.5) is 0 Å². The Morgan fingerprint density at radius 3 is 1.59 bits per heavy atom. The van der Waals surface area contributed by atoms with Crippen molar-refractivity contribution in [1.82, 2.24) is 0 Å². The first kappa shape index (κ1) is 47.0. The number of carbonyl (C=O) groups is 2. The highest BCUT2D eigenvalue weighted by Crippen LogP contribution is 2.42. The quantitative estimate of drug-likeness (QED) is 0.0300. The van der Waals surface area contributed by atoms with Crippen molar-refractivity contribution >= 4 is 19.8 Å². The molecule has 1 N–H and O–H groups in total. The van der Waals surface area contributed by atoms with Gasteiger partial charge >= 0.3 is 19.8 Å². The zero-order valence-corrected chi connectivity index (χ0v) is 32.2. The molecule has 8 nitrogen and oxygen atoms in total. The van der Waals surface area contributed by atoms with Gasteiger partial charge in [-0.1, -0.05) is 133 Å². The Kier molecular flexibility index (Phi) is 34.4. The molecular formula is C40H71O8P. The molecule has 0 aliphatic carbocycles. The Labute approximate surface area is 299 Å². The zero-order chi connectivity index (χ0) is 36.1. The van der Waals surface area contributed by atoms with E-state index in [4.69, 9.17) is 14.0 Å². The van der Waals surface area contributed by atoms with E-state index in [0.717, 1.165) is 64.9 Å². The summed E-state index contributed by atoms with van der Waals surface area (Å²) in [6, 6.07) is 0. The van der Waals surface area contributed by atoms with E-state index in [2.05, 4.69) is 67.0 Å². The number of hydrogen-bond acceptors (Lipinski definition) is 7. The van der Waals surface area contributed by atoms with Crippen molar-refractivity contribution in [3.63, 3.8) is 0 Å². The molecule has 0 aromatic heterocycles. The van der Waals surface area contributed by atoms with Crippen molar-refractivity contribution in [3.05, 3.63) is 48.6 Å². The van der Waals surface area contributed by atoms with Gasteiger partial charge in [-0.3, -0.25) is 18.6 Å². The van der Waals surface area contributed by atoms with Gasteiger partial charge in [-0.15, -0.1) is 0 Å². The van der Waals surface area contributed by atoms with E-state index in [1.807, 2.05) is 0 Å². The number of carbonyl (C=O) groups excluding carboxylic acids is 2. The van der Waals surface area contributed by atoms with Crippen molar-refractivity contribution in [2.24, 2.45) is 0 Å². The summed E-state index contributed by atoms with van der Waals surface area (Å²) < 4.78 is 31.8. The predicted molar refractivity (Wildman–Crippen MR) is 202 cm³/mol. The maximum Gasteiger partial charge on any atom is 0.472 e. The smallest absolute Gasteiger partial charge is 0.462 e. The third-order valence-electron chi connectivity index (χ3n) is 8.06. The van der Waals surface area contributed by atoms with Gasteiger partial charge in [-0.25, -0.2) is 4.57 Å². The lowest BCUT2D eigenvalue weighted by atomic mass is 10.1. The number of phosphoric acid groups is 1. The molecular weight excluding hydrogens is 639 g/mol. The van der Waals surface area contributed by atoms with Crippen LogP contribution in [0, 0.1) is 0 Å². The molecule has 2 unspecified atom stereocenters. The second-order valence-corrected chi connectivity index (χ2v) is 14.2. The number of phosphoric ester groups is 1. The molecule has 0 saturated carbocycles. The van der Waals surface area contributed by atoms with E-state index in [1.165, 1.54) is 77.0 Å². The molecule has 284 valence electrons. The van der Waals surface area contributed by atoms with Crippen LogP contribution in [0.25, 0.3) is 0 Å². The molecule has 0 saturated heterocycles. The maximum atomic E-state index is 12.4. The van der Waals surface area contributed by atoms with E-state index < -0.39 is 26.5 Å². The van der Waals surface area contributed by atoms with E-state index in [-0.39, 0.29) is 25.4 Å². The largest absolute Gasteiger partial charge is 0.472 e. The second kappa shape index (κ2) is 35.8. The van der Waals surface area contributed by atoms with Crippen LogP contribution in [0.2, 0.25) is 0 Å². The number of rotatable bonds is 35. The molecule has 0 heterocycles. The first-order valence-electron chi connectivity index (χ1n) is 19.3. The number of unbranched alkanes of at least 4 members (excludes halogenated alkanes) is 16. The highest BCUT2D eigenvalue weighted by atomic mass is 31.2. The number of hydrogen-bond donors (Lipinski definition) is 1. The highest BCUT2D eigenvalue weighted by molar-refractivity contribution is 7.47. The normalized spacial score (nSPS) is 14.0. The molecule has 0 aliphatic rings. The lowest BCUT2D eigenvalue weighted by molar-refractivity contribution is -0.161. The standard InChI is InChI=1S/C40H71O8P/c1-4-6-8-10-12-14-16-18-19-20-21-23-24-26-28-30-32-34-39(41)46-36-38(37-47-49(43,44)45-3)48-40(42)35-33-31-29-27-25-22-17-15-13-11-9-7-5-2/h7,9,13,15,18-19,22,25,38H,4-6,8,10-12,14,16-17,20-21,23-24,26-37H2,1-3H3,(H,43,44)/b9-7-,15-13-,19-18-,25-22-. The summed E-state index contributed by atoms with van der Waals surface area (Å²) in [5, 5.41) is 0. The molecule has 2 atom stereocenters. The first-order valence-corrected chi connectivity index (χ1v) is 20.8. The molecule has 0 radical (unpaired) electrons. The minimum atomic E-state index is -4.27. The molecule has 0 aromatic rings. The average Bonchev–Trinajstić information content (AvgIpc) is 3.09. The topological polar surface area (TPSA) is 108 Å². The molecule has 0 amide bonds. The van der Waals surface area contributed by atoms with Gasteiger partial charge in [0.15, 0.2) is 6.10 Å². The van der Waals surface area contributed by atoms with Gasteiger partial charge in [0.1, 0.15) is 6.61 Å². The average molecular weight is 711 g/mol. The summed E-state index contributed by atoms with van der Waals surface area (Å²) in [5.74, 6) is -0.846. The number of allylic oxidation sites excluding steroid dienone is 8. The van der Waals surface area contributed by atoms with Crippen LogP contribution in [0.3, 0.4) is 0 Å². The monoisotopic (exact) mass is 710 g/mol. The molecule has 0 aliphatic heterocycles. The summed E-state index contributed by atoms with van der Waals surface area (Å²) in [6.45, 7) is 3.73. The van der Waals surface area contributed by atoms with Crippen LogP contribution in [0.5, 0.6) is 0 Å². The van der Waals surface area contributed by atoms with Crippen LogP contribution in [0.1, 0.15) is 168 Å². The van der Waals surface area contributed by atoms with Gasteiger partial charge in [0.05, 0.1) is 6.61 Å². The van der Waals surface area contributed by atoms with Gasteiger partial charge in [-0.05, 0) is 70.6 Å². The Morgan fingerprint density at radius 1 is 0.592 bits per heavy atom. The Morgan fingerprint density at radius 2 is 1.04 bits per heavy atom. The van der Waals surface area contributed by atoms with Crippen LogP contribution in [-0.2, 0) is 32.7 Å². The summed E-state index contributed by atoms with van der Waals surface area (Å²) in [4.78, 5) is 34.3. The van der Waals surface area contributed by atoms with E-state index in [1.54, 1.807) is 0 Å². The summed E-state index contributed by atoms with van der Waals surface area (Å²) >= 11 is 0. The van der Waals surface area contributed by atoms with Gasteiger partial charge in [0, 0.05) is 20.0 Å². The van der Waals surface area contributed by atoms with E-state index in [9.17, 15) is 19.0 Å². The fourth-order valence-corrected chi connectivity index (χ4v) is 5.54. The third kappa shape index (κ3) is 35.6. The minimum Gasteiger partial charge on any atom is -0.462 e. The van der Waals surface area contributed by atoms with Gasteiger partial charge in [0.25, 0.3) is 0 Å². The SMILES string of the molecule is CC/C=C\C/C=C\C/C=C\CCCCCC(=O)OC(COC(=O)CCCCCCCCC/C=C\CCCCCCCC)COP(=O)(O)OC. The Bertz CT molecular complexity index is 943. The van der Waals surface area contributed by atoms with Crippen molar-refractivity contribution in [1.29, 1.82) is 0 Å². The molecule has 0 fully saturated rings. The van der Waals surface area contributed by atoms with Crippen LogP contribution < -0.4 is 0 Å². The van der Waals surface area contributed by atoms with Crippen LogP contribution in [-0.4, -0.2) is 43.3 Å². The lowest BCUT2D eigenvalue weighted by Gasteiger charge is -2.19. The molecule has 0 spiro atoms. The van der Waals surface area contributed by atoms with Crippen molar-refractivity contribution < 1.29 is 37.6 Å². The summed E-state index contributed by atoms with van der Waals surface area (Å²) in [7, 11) is -3.21. The van der Waals surface area contributed by atoms with E-state index >= 15 is 0 Å². The van der Waals surface area contributed by atoms with Crippen LogP contribution in [0.15, 0.2) is 48.6 Å². The number of ether oxygens (including phenoxy) is 2. The molecule has 49 heavy (non-hydrogen) atoms. The lowest BCUT2D eigenvalue weighted by Crippen LogP contribution is -2.29. The van der Waals surface area contributed by atoms with Crippen molar-refractivity contribution in [3.8, 4) is 0 Å². The minimum absolute atomic E-state index is 0.208.